The molecule has 0 saturated carbocycles. The Bertz CT molecular complexity index is 470. The lowest BCUT2D eigenvalue weighted by molar-refractivity contribution is 0.0946. The summed E-state index contributed by atoms with van der Waals surface area (Å²) in [7, 11) is 0. The Kier molecular flexibility index (Phi) is 6.24. The molecule has 1 amide bonds. The molecule has 1 heterocycles. The average molecular weight is 288 g/mol. The number of rotatable bonds is 8. The molecule has 2 N–H and O–H groups in total. The average Bonchev–Trinajstić information content (AvgIpc) is 2.51. The van der Waals surface area contributed by atoms with Gasteiger partial charge in [0.05, 0.1) is 0 Å². The van der Waals surface area contributed by atoms with Crippen LogP contribution in [-0.2, 0) is 6.42 Å². The number of nitrogens with one attached hydrogen (secondary N) is 2. The number of unbranched alkanes of at least 4 members (excludes halogenated alkanes) is 3. The van der Waals surface area contributed by atoms with E-state index >= 15 is 0 Å². The van der Waals surface area contributed by atoms with Gasteiger partial charge >= 0.3 is 0 Å². The lowest BCUT2D eigenvalue weighted by Gasteiger charge is -2.22. The van der Waals surface area contributed by atoms with Crippen LogP contribution in [0.15, 0.2) is 18.2 Å². The summed E-state index contributed by atoms with van der Waals surface area (Å²) >= 11 is 0. The Morgan fingerprint density at radius 2 is 2.10 bits per heavy atom. The molecule has 1 aliphatic heterocycles. The monoisotopic (exact) mass is 288 g/mol. The van der Waals surface area contributed by atoms with Gasteiger partial charge < -0.3 is 10.6 Å². The summed E-state index contributed by atoms with van der Waals surface area (Å²) in [6, 6.07) is 6.80. The molecule has 3 nitrogen and oxygen atoms in total. The molecule has 2 rings (SSSR count). The Labute approximate surface area is 128 Å². The predicted molar refractivity (Wildman–Crippen MR) is 87.7 cm³/mol. The first kappa shape index (κ1) is 16.0. The quantitative estimate of drug-likeness (QED) is 0.718. The SMILES string of the molecule is CCCCCCC(NCC)c1ccc2c(c1)C(=O)NCC2. The highest BCUT2D eigenvalue weighted by Gasteiger charge is 2.19. The minimum absolute atomic E-state index is 0.0827. The molecule has 116 valence electrons. The molecule has 1 atom stereocenters. The lowest BCUT2D eigenvalue weighted by Crippen LogP contribution is -2.32. The van der Waals surface area contributed by atoms with Crippen molar-refractivity contribution in [1.29, 1.82) is 0 Å². The topological polar surface area (TPSA) is 41.1 Å². The van der Waals surface area contributed by atoms with Crippen LogP contribution in [0.25, 0.3) is 0 Å². The van der Waals surface area contributed by atoms with E-state index in [-0.39, 0.29) is 5.91 Å². The van der Waals surface area contributed by atoms with E-state index in [0.717, 1.165) is 31.5 Å². The highest BCUT2D eigenvalue weighted by molar-refractivity contribution is 5.96. The van der Waals surface area contributed by atoms with Gasteiger partial charge in [-0.1, -0.05) is 51.7 Å². The maximum Gasteiger partial charge on any atom is 0.251 e. The van der Waals surface area contributed by atoms with Gasteiger partial charge in [-0.15, -0.1) is 0 Å². The number of hydrogen-bond donors (Lipinski definition) is 2. The third kappa shape index (κ3) is 4.31. The summed E-state index contributed by atoms with van der Waals surface area (Å²) in [5, 5.41) is 6.50. The minimum atomic E-state index is 0.0827. The van der Waals surface area contributed by atoms with E-state index in [9.17, 15) is 4.79 Å². The highest BCUT2D eigenvalue weighted by atomic mass is 16.1. The van der Waals surface area contributed by atoms with E-state index in [0.29, 0.717) is 6.04 Å². The highest BCUT2D eigenvalue weighted by Crippen LogP contribution is 2.24. The van der Waals surface area contributed by atoms with Gasteiger partial charge in [-0.25, -0.2) is 0 Å². The summed E-state index contributed by atoms with van der Waals surface area (Å²) in [6.45, 7) is 6.11. The van der Waals surface area contributed by atoms with Crippen LogP contribution in [0.1, 0.15) is 73.5 Å². The summed E-state index contributed by atoms with van der Waals surface area (Å²) < 4.78 is 0. The van der Waals surface area contributed by atoms with Gasteiger partial charge in [-0.05, 0) is 36.6 Å². The van der Waals surface area contributed by atoms with E-state index in [1.807, 2.05) is 0 Å². The van der Waals surface area contributed by atoms with Gasteiger partial charge in [-0.2, -0.15) is 0 Å². The molecule has 0 bridgehead atoms. The van der Waals surface area contributed by atoms with Crippen molar-refractivity contribution >= 4 is 5.91 Å². The molecule has 3 heteroatoms. The third-order valence-corrected chi connectivity index (χ3v) is 4.26. The van der Waals surface area contributed by atoms with Crippen molar-refractivity contribution in [2.24, 2.45) is 0 Å². The predicted octanol–water partition coefficient (Wildman–Crippen LogP) is 3.59. The van der Waals surface area contributed by atoms with Crippen LogP contribution in [0.5, 0.6) is 0 Å². The number of benzene rings is 1. The zero-order valence-electron chi connectivity index (χ0n) is 13.4. The largest absolute Gasteiger partial charge is 0.352 e. The lowest BCUT2D eigenvalue weighted by atomic mass is 9.93. The van der Waals surface area contributed by atoms with Gasteiger partial charge in [0.2, 0.25) is 0 Å². The summed E-state index contributed by atoms with van der Waals surface area (Å²) in [4.78, 5) is 12.0. The van der Waals surface area contributed by atoms with Crippen molar-refractivity contribution in [2.45, 2.75) is 58.4 Å². The molecule has 1 aromatic carbocycles. The van der Waals surface area contributed by atoms with Crippen LogP contribution < -0.4 is 10.6 Å². The van der Waals surface area contributed by atoms with Crippen LogP contribution in [0.4, 0.5) is 0 Å². The molecule has 1 aromatic rings. The summed E-state index contributed by atoms with van der Waals surface area (Å²) in [5.41, 5.74) is 3.31. The summed E-state index contributed by atoms with van der Waals surface area (Å²) in [5.74, 6) is 0.0827. The molecule has 0 fully saturated rings. The zero-order chi connectivity index (χ0) is 15.1. The van der Waals surface area contributed by atoms with Crippen molar-refractivity contribution in [3.8, 4) is 0 Å². The fourth-order valence-corrected chi connectivity index (χ4v) is 3.05. The first-order valence-corrected chi connectivity index (χ1v) is 8.40. The Morgan fingerprint density at radius 1 is 1.24 bits per heavy atom. The first-order valence-electron chi connectivity index (χ1n) is 8.40. The number of carbonyl (C=O) groups excluding carboxylic acids is 1. The third-order valence-electron chi connectivity index (χ3n) is 4.26. The fourth-order valence-electron chi connectivity index (χ4n) is 3.05. The van der Waals surface area contributed by atoms with E-state index in [4.69, 9.17) is 0 Å². The second-order valence-electron chi connectivity index (χ2n) is 5.88. The molecular formula is C18H28N2O. The van der Waals surface area contributed by atoms with Gasteiger partial charge in [0, 0.05) is 18.2 Å². The van der Waals surface area contributed by atoms with Crippen LogP contribution in [0.2, 0.25) is 0 Å². The van der Waals surface area contributed by atoms with E-state index in [1.54, 1.807) is 0 Å². The number of fused-ring (bicyclic) bond motifs is 1. The van der Waals surface area contributed by atoms with Crippen LogP contribution >= 0.6 is 0 Å². The molecule has 0 aliphatic carbocycles. The molecule has 1 aliphatic rings. The molecular weight excluding hydrogens is 260 g/mol. The van der Waals surface area contributed by atoms with Crippen molar-refractivity contribution in [1.82, 2.24) is 10.6 Å². The normalized spacial score (nSPS) is 15.4. The molecule has 0 radical (unpaired) electrons. The second kappa shape index (κ2) is 8.18. The molecule has 21 heavy (non-hydrogen) atoms. The number of amides is 1. The van der Waals surface area contributed by atoms with E-state index < -0.39 is 0 Å². The molecule has 0 aromatic heterocycles. The van der Waals surface area contributed by atoms with Crippen LogP contribution in [0.3, 0.4) is 0 Å². The smallest absolute Gasteiger partial charge is 0.251 e. The standard InChI is InChI=1S/C18H28N2O/c1-3-5-6-7-8-17(19-4-2)15-10-9-14-11-12-20-18(21)16(14)13-15/h9-10,13,17,19H,3-8,11-12H2,1-2H3,(H,20,21). The van der Waals surface area contributed by atoms with Gasteiger partial charge in [0.25, 0.3) is 5.91 Å². The minimum Gasteiger partial charge on any atom is -0.352 e. The number of hydrogen-bond acceptors (Lipinski definition) is 2. The summed E-state index contributed by atoms with van der Waals surface area (Å²) in [6.07, 6.45) is 7.22. The van der Waals surface area contributed by atoms with Crippen molar-refractivity contribution < 1.29 is 4.79 Å². The van der Waals surface area contributed by atoms with Gasteiger partial charge in [0.1, 0.15) is 0 Å². The number of carbonyl (C=O) groups is 1. The van der Waals surface area contributed by atoms with Crippen molar-refractivity contribution in [3.63, 3.8) is 0 Å². The maximum atomic E-state index is 12.0. The molecule has 0 spiro atoms. The van der Waals surface area contributed by atoms with Gasteiger partial charge in [0.15, 0.2) is 0 Å². The Hall–Kier alpha value is -1.35. The Morgan fingerprint density at radius 3 is 2.86 bits per heavy atom. The first-order chi connectivity index (χ1) is 10.3. The second-order valence-corrected chi connectivity index (χ2v) is 5.88. The molecule has 1 unspecified atom stereocenters. The van der Waals surface area contributed by atoms with E-state index in [2.05, 4.69) is 42.7 Å². The van der Waals surface area contributed by atoms with Crippen LogP contribution in [-0.4, -0.2) is 19.0 Å². The van der Waals surface area contributed by atoms with Crippen LogP contribution in [0, 0.1) is 0 Å². The van der Waals surface area contributed by atoms with Crippen molar-refractivity contribution in [3.05, 3.63) is 34.9 Å². The van der Waals surface area contributed by atoms with Crippen molar-refractivity contribution in [2.75, 3.05) is 13.1 Å². The van der Waals surface area contributed by atoms with Gasteiger partial charge in [-0.3, -0.25) is 4.79 Å². The Balaban J connectivity index is 2.08. The fraction of sp³-hybridized carbons (Fsp3) is 0.611. The maximum absolute atomic E-state index is 12.0. The zero-order valence-corrected chi connectivity index (χ0v) is 13.4. The molecule has 0 saturated heterocycles. The van der Waals surface area contributed by atoms with E-state index in [1.165, 1.54) is 36.8 Å².